The summed E-state index contributed by atoms with van der Waals surface area (Å²) in [4.78, 5) is 25.2. The summed E-state index contributed by atoms with van der Waals surface area (Å²) in [6, 6.07) is 3.11. The Morgan fingerprint density at radius 1 is 1.28 bits per heavy atom. The van der Waals surface area contributed by atoms with Gasteiger partial charge in [-0.15, -0.1) is 0 Å². The number of fused-ring (bicyclic) bond motifs is 5. The van der Waals surface area contributed by atoms with Gasteiger partial charge in [0.1, 0.15) is 0 Å². The van der Waals surface area contributed by atoms with Gasteiger partial charge >= 0.3 is 0 Å². The van der Waals surface area contributed by atoms with Crippen molar-refractivity contribution in [1.82, 2.24) is 5.01 Å². The summed E-state index contributed by atoms with van der Waals surface area (Å²) in [5.41, 5.74) is 0.611. The van der Waals surface area contributed by atoms with Crippen LogP contribution in [0.2, 0.25) is 0 Å². The molecule has 25 heavy (non-hydrogen) atoms. The van der Waals surface area contributed by atoms with Crippen molar-refractivity contribution in [3.05, 3.63) is 34.3 Å². The number of phenolic OH excluding ortho intramolecular Hbond substituents is 1. The van der Waals surface area contributed by atoms with Crippen LogP contribution in [-0.4, -0.2) is 34.8 Å². The third-order valence-corrected chi connectivity index (χ3v) is 5.82. The van der Waals surface area contributed by atoms with Crippen LogP contribution >= 0.6 is 15.9 Å². The standard InChI is InChI=1S/C18H17BrN2O4/c1-2-25-14-6-11(12(19)7-13(14)22)8-20-21-17(23)15-9-3-4-10(5-9)16(15)18(21)24/h3-4,6-10,15-16,22H,2,5H2,1H3/b20-8+. The number of benzene rings is 1. The van der Waals surface area contributed by atoms with Crippen molar-refractivity contribution in [2.45, 2.75) is 13.3 Å². The predicted octanol–water partition coefficient (Wildman–Crippen LogP) is 2.69. The smallest absolute Gasteiger partial charge is 0.254 e. The van der Waals surface area contributed by atoms with E-state index < -0.39 is 0 Å². The van der Waals surface area contributed by atoms with E-state index in [0.717, 1.165) is 11.4 Å². The first kappa shape index (κ1) is 16.3. The number of nitrogens with zero attached hydrogens (tertiary/aromatic N) is 2. The number of aromatic hydroxyl groups is 1. The lowest BCUT2D eigenvalue weighted by Gasteiger charge is -2.13. The fourth-order valence-electron chi connectivity index (χ4n) is 4.05. The number of hydrogen-bond acceptors (Lipinski definition) is 5. The van der Waals surface area contributed by atoms with Crippen molar-refractivity contribution in [2.24, 2.45) is 28.8 Å². The van der Waals surface area contributed by atoms with Gasteiger partial charge in [-0.1, -0.05) is 12.2 Å². The monoisotopic (exact) mass is 404 g/mol. The van der Waals surface area contributed by atoms with Crippen molar-refractivity contribution in [3.63, 3.8) is 0 Å². The van der Waals surface area contributed by atoms with E-state index in [0.29, 0.717) is 22.4 Å². The molecule has 4 atom stereocenters. The van der Waals surface area contributed by atoms with Crippen LogP contribution in [0.25, 0.3) is 0 Å². The number of carbonyl (C=O) groups is 2. The Labute approximate surface area is 153 Å². The molecule has 3 aliphatic rings. The van der Waals surface area contributed by atoms with E-state index in [1.807, 2.05) is 6.92 Å². The first-order valence-corrected chi connectivity index (χ1v) is 9.06. The molecular formula is C18H17BrN2O4. The summed E-state index contributed by atoms with van der Waals surface area (Å²) in [7, 11) is 0. The highest BCUT2D eigenvalue weighted by molar-refractivity contribution is 9.10. The lowest BCUT2D eigenvalue weighted by atomic mass is 9.85. The highest BCUT2D eigenvalue weighted by atomic mass is 79.9. The molecule has 1 heterocycles. The van der Waals surface area contributed by atoms with E-state index in [1.54, 1.807) is 6.07 Å². The minimum atomic E-state index is -0.262. The molecule has 1 aromatic carbocycles. The maximum atomic E-state index is 12.6. The highest BCUT2D eigenvalue weighted by Gasteiger charge is 2.59. The molecule has 1 aliphatic heterocycles. The van der Waals surface area contributed by atoms with E-state index >= 15 is 0 Å². The van der Waals surface area contributed by atoms with Crippen molar-refractivity contribution in [1.29, 1.82) is 0 Å². The molecule has 4 unspecified atom stereocenters. The zero-order chi connectivity index (χ0) is 17.7. The first-order valence-electron chi connectivity index (χ1n) is 8.26. The topological polar surface area (TPSA) is 79.2 Å². The summed E-state index contributed by atoms with van der Waals surface area (Å²) < 4.78 is 5.95. The van der Waals surface area contributed by atoms with E-state index in [9.17, 15) is 14.7 Å². The van der Waals surface area contributed by atoms with Gasteiger partial charge in [0, 0.05) is 10.0 Å². The van der Waals surface area contributed by atoms with Gasteiger partial charge in [-0.3, -0.25) is 9.59 Å². The van der Waals surface area contributed by atoms with Crippen LogP contribution < -0.4 is 4.74 Å². The summed E-state index contributed by atoms with van der Waals surface area (Å²) in [6.07, 6.45) is 6.44. The van der Waals surface area contributed by atoms with Crippen molar-refractivity contribution < 1.29 is 19.4 Å². The lowest BCUT2D eigenvalue weighted by molar-refractivity contribution is -0.140. The second kappa shape index (κ2) is 5.98. The van der Waals surface area contributed by atoms with Crippen LogP contribution in [-0.2, 0) is 9.59 Å². The van der Waals surface area contributed by atoms with Gasteiger partial charge in [-0.2, -0.15) is 10.1 Å². The maximum Gasteiger partial charge on any atom is 0.254 e. The van der Waals surface area contributed by atoms with Crippen LogP contribution in [0.1, 0.15) is 18.9 Å². The molecule has 1 saturated carbocycles. The first-order chi connectivity index (χ1) is 12.0. The van der Waals surface area contributed by atoms with Crippen molar-refractivity contribution >= 4 is 34.0 Å². The molecule has 7 heteroatoms. The number of hydrazone groups is 1. The number of halogens is 1. The van der Waals surface area contributed by atoms with Crippen LogP contribution in [0, 0.1) is 23.7 Å². The molecule has 1 N–H and O–H groups in total. The molecular weight excluding hydrogens is 388 g/mol. The Hall–Kier alpha value is -2.15. The third kappa shape index (κ3) is 2.49. The Kier molecular flexibility index (Phi) is 3.91. The minimum absolute atomic E-state index is 0.0105. The molecule has 6 nitrogen and oxygen atoms in total. The van der Waals surface area contributed by atoms with Gasteiger partial charge in [-0.25, -0.2) is 0 Å². The number of hydrogen-bond donors (Lipinski definition) is 1. The van der Waals surface area contributed by atoms with Gasteiger partial charge in [0.25, 0.3) is 11.8 Å². The average Bonchev–Trinajstić information content (AvgIpc) is 3.25. The Balaban J connectivity index is 1.60. The summed E-state index contributed by atoms with van der Waals surface area (Å²) >= 11 is 3.34. The maximum absolute atomic E-state index is 12.6. The Bertz CT molecular complexity index is 790. The number of carbonyl (C=O) groups excluding carboxylic acids is 2. The van der Waals surface area contributed by atoms with Gasteiger partial charge in [0.15, 0.2) is 11.5 Å². The molecule has 2 fully saturated rings. The van der Waals surface area contributed by atoms with Crippen LogP contribution in [0.15, 0.2) is 33.9 Å². The van der Waals surface area contributed by atoms with E-state index in [-0.39, 0.29) is 41.2 Å². The number of allylic oxidation sites excluding steroid dienone is 2. The van der Waals surface area contributed by atoms with E-state index in [4.69, 9.17) is 4.74 Å². The van der Waals surface area contributed by atoms with E-state index in [1.165, 1.54) is 12.3 Å². The predicted molar refractivity (Wildman–Crippen MR) is 94.1 cm³/mol. The average molecular weight is 405 g/mol. The zero-order valence-corrected chi connectivity index (χ0v) is 15.1. The quantitative estimate of drug-likeness (QED) is 0.475. The SMILES string of the molecule is CCOc1cc(/C=N/N2C(=O)C3C4C=CC(C4)C3C2=O)c(Br)cc1O. The van der Waals surface area contributed by atoms with Crippen LogP contribution in [0.4, 0.5) is 0 Å². The van der Waals surface area contributed by atoms with Crippen LogP contribution in [0.3, 0.4) is 0 Å². The number of rotatable bonds is 4. The molecule has 130 valence electrons. The second-order valence-corrected chi connectivity index (χ2v) is 7.36. The van der Waals surface area contributed by atoms with Gasteiger partial charge in [0.2, 0.25) is 0 Å². The molecule has 1 aromatic rings. The molecule has 4 rings (SSSR count). The van der Waals surface area contributed by atoms with Gasteiger partial charge in [-0.05, 0) is 53.2 Å². The number of ether oxygens (including phenoxy) is 1. The molecule has 2 amide bonds. The summed E-state index contributed by atoms with van der Waals surface area (Å²) in [5, 5.41) is 15.0. The molecule has 0 spiro atoms. The molecule has 2 bridgehead atoms. The highest BCUT2D eigenvalue weighted by Crippen LogP contribution is 2.52. The van der Waals surface area contributed by atoms with Crippen molar-refractivity contribution in [3.8, 4) is 11.5 Å². The number of imide groups is 1. The third-order valence-electron chi connectivity index (χ3n) is 5.14. The Morgan fingerprint density at radius 2 is 1.92 bits per heavy atom. The van der Waals surface area contributed by atoms with Crippen LogP contribution in [0.5, 0.6) is 11.5 Å². The molecule has 2 aliphatic carbocycles. The summed E-state index contributed by atoms with van der Waals surface area (Å²) in [6.45, 7) is 2.23. The fraction of sp³-hybridized carbons (Fsp3) is 0.389. The number of phenols is 1. The second-order valence-electron chi connectivity index (χ2n) is 6.51. The normalized spacial score (nSPS) is 29.9. The van der Waals surface area contributed by atoms with Crippen molar-refractivity contribution in [2.75, 3.05) is 6.61 Å². The molecule has 0 aromatic heterocycles. The zero-order valence-electron chi connectivity index (χ0n) is 13.6. The van der Waals surface area contributed by atoms with E-state index in [2.05, 4.69) is 33.2 Å². The number of amides is 2. The Morgan fingerprint density at radius 3 is 2.52 bits per heavy atom. The van der Waals surface area contributed by atoms with Gasteiger partial charge < -0.3 is 9.84 Å². The lowest BCUT2D eigenvalue weighted by Crippen LogP contribution is -2.28. The molecule has 1 saturated heterocycles. The largest absolute Gasteiger partial charge is 0.504 e. The van der Waals surface area contributed by atoms with Gasteiger partial charge in [0.05, 0.1) is 24.7 Å². The minimum Gasteiger partial charge on any atom is -0.504 e. The summed E-state index contributed by atoms with van der Waals surface area (Å²) in [5.74, 6) is -0.301. The molecule has 0 radical (unpaired) electrons. The fourth-order valence-corrected chi connectivity index (χ4v) is 4.48.